The molecule has 2 rings (SSSR count). The maximum Gasteiger partial charge on any atom is 0.390 e. The number of hydrogen-bond donors (Lipinski definition) is 0. The van der Waals surface area contributed by atoms with Gasteiger partial charge in [0.15, 0.2) is 11.7 Å². The third-order valence-corrected chi connectivity index (χ3v) is 3.64. The molecule has 130 valence electrons. The molecule has 0 saturated heterocycles. The monoisotopic (exact) mass is 360 g/mol. The highest BCUT2D eigenvalue weighted by atomic mass is 35.5. The minimum absolute atomic E-state index is 0.0366. The summed E-state index contributed by atoms with van der Waals surface area (Å²) in [5.74, 6) is 0.516. The Kier molecular flexibility index (Phi) is 5.88. The Labute approximate surface area is 142 Å². The quantitative estimate of drug-likeness (QED) is 0.770. The molecular formula is C16H16ClF3N2O2. The van der Waals surface area contributed by atoms with Crippen LogP contribution in [0.5, 0.6) is 0 Å². The fraction of sp³-hybridized carbons (Fsp3) is 0.375. The molecule has 0 aliphatic carbocycles. The van der Waals surface area contributed by atoms with Crippen molar-refractivity contribution < 1.29 is 22.4 Å². The summed E-state index contributed by atoms with van der Waals surface area (Å²) < 4.78 is 42.0. The van der Waals surface area contributed by atoms with Gasteiger partial charge in [0, 0.05) is 37.0 Å². The number of carbonyl (C=O) groups excluding carboxylic acids is 1. The Balaban J connectivity index is 1.86. The highest BCUT2D eigenvalue weighted by Crippen LogP contribution is 2.23. The van der Waals surface area contributed by atoms with E-state index < -0.39 is 12.6 Å². The number of nitrogens with zero attached hydrogens (tertiary/aromatic N) is 2. The van der Waals surface area contributed by atoms with Crippen LogP contribution in [0.3, 0.4) is 0 Å². The molecule has 0 fully saturated rings. The van der Waals surface area contributed by atoms with Crippen LogP contribution in [-0.2, 0) is 11.2 Å². The molecule has 0 saturated carbocycles. The van der Waals surface area contributed by atoms with E-state index in [-0.39, 0.29) is 25.3 Å². The molecule has 0 aliphatic rings. The van der Waals surface area contributed by atoms with E-state index in [2.05, 4.69) is 4.98 Å². The molecular weight excluding hydrogens is 345 g/mol. The van der Waals surface area contributed by atoms with Crippen molar-refractivity contribution in [3.8, 4) is 11.3 Å². The molecule has 1 aromatic carbocycles. The van der Waals surface area contributed by atoms with Gasteiger partial charge in [-0.25, -0.2) is 4.98 Å². The van der Waals surface area contributed by atoms with E-state index in [0.717, 1.165) is 10.5 Å². The first-order chi connectivity index (χ1) is 11.2. The van der Waals surface area contributed by atoms with Crippen LogP contribution in [0.4, 0.5) is 13.2 Å². The SMILES string of the molecule is CN(CCC(F)(F)F)C(=O)CCc1ncc(-c2ccc(Cl)cc2)o1. The van der Waals surface area contributed by atoms with Crippen molar-refractivity contribution in [1.29, 1.82) is 0 Å². The predicted octanol–water partition coefficient (Wildman–Crippen LogP) is 4.34. The second kappa shape index (κ2) is 7.70. The van der Waals surface area contributed by atoms with E-state index >= 15 is 0 Å². The van der Waals surface area contributed by atoms with Crippen LogP contribution in [-0.4, -0.2) is 35.6 Å². The highest BCUT2D eigenvalue weighted by Gasteiger charge is 2.28. The number of oxazole rings is 1. The molecule has 1 heterocycles. The maximum absolute atomic E-state index is 12.1. The molecule has 24 heavy (non-hydrogen) atoms. The highest BCUT2D eigenvalue weighted by molar-refractivity contribution is 6.30. The first-order valence-corrected chi connectivity index (χ1v) is 7.64. The van der Waals surface area contributed by atoms with Crippen molar-refractivity contribution in [3.05, 3.63) is 41.4 Å². The van der Waals surface area contributed by atoms with Crippen molar-refractivity contribution in [2.75, 3.05) is 13.6 Å². The molecule has 0 atom stereocenters. The van der Waals surface area contributed by atoms with Gasteiger partial charge in [0.05, 0.1) is 12.6 Å². The van der Waals surface area contributed by atoms with Crippen LogP contribution in [0, 0.1) is 0 Å². The molecule has 1 aromatic heterocycles. The fourth-order valence-corrected chi connectivity index (χ4v) is 2.12. The summed E-state index contributed by atoms with van der Waals surface area (Å²) in [5, 5.41) is 0.603. The van der Waals surface area contributed by atoms with E-state index in [1.165, 1.54) is 13.2 Å². The number of hydrogen-bond acceptors (Lipinski definition) is 3. The molecule has 0 aliphatic heterocycles. The smallest absolute Gasteiger partial charge is 0.390 e. The van der Waals surface area contributed by atoms with Crippen molar-refractivity contribution in [1.82, 2.24) is 9.88 Å². The molecule has 0 N–H and O–H groups in total. The lowest BCUT2D eigenvalue weighted by Gasteiger charge is -2.17. The summed E-state index contributed by atoms with van der Waals surface area (Å²) in [5.41, 5.74) is 0.798. The molecule has 4 nitrogen and oxygen atoms in total. The minimum Gasteiger partial charge on any atom is -0.441 e. The second-order valence-electron chi connectivity index (χ2n) is 5.31. The zero-order chi connectivity index (χ0) is 17.7. The average Bonchev–Trinajstić information content (AvgIpc) is 2.99. The Hall–Kier alpha value is -2.02. The van der Waals surface area contributed by atoms with Gasteiger partial charge >= 0.3 is 6.18 Å². The van der Waals surface area contributed by atoms with Crippen LogP contribution in [0.1, 0.15) is 18.7 Å². The van der Waals surface area contributed by atoms with Gasteiger partial charge in [-0.1, -0.05) is 11.6 Å². The molecule has 8 heteroatoms. The van der Waals surface area contributed by atoms with Crippen molar-refractivity contribution in [3.63, 3.8) is 0 Å². The molecule has 0 bridgehead atoms. The number of halogens is 4. The minimum atomic E-state index is -4.27. The largest absolute Gasteiger partial charge is 0.441 e. The summed E-state index contributed by atoms with van der Waals surface area (Å²) in [4.78, 5) is 17.0. The van der Waals surface area contributed by atoms with Crippen molar-refractivity contribution in [2.45, 2.75) is 25.4 Å². The lowest BCUT2D eigenvalue weighted by atomic mass is 10.2. The number of benzene rings is 1. The Bertz CT molecular complexity index is 683. The second-order valence-corrected chi connectivity index (χ2v) is 5.74. The molecule has 0 unspecified atom stereocenters. The number of alkyl halides is 3. The van der Waals surface area contributed by atoms with Crippen LogP contribution in [0.25, 0.3) is 11.3 Å². The Morgan fingerprint density at radius 1 is 1.29 bits per heavy atom. The van der Waals surface area contributed by atoms with Gasteiger partial charge in [0.2, 0.25) is 5.91 Å². The van der Waals surface area contributed by atoms with Gasteiger partial charge in [-0.15, -0.1) is 0 Å². The van der Waals surface area contributed by atoms with Crippen LogP contribution in [0.2, 0.25) is 5.02 Å². The van der Waals surface area contributed by atoms with Gasteiger partial charge in [-0.2, -0.15) is 13.2 Å². The standard InChI is InChI=1S/C16H16ClF3N2O2/c1-22(9-8-16(18,19)20)15(23)7-6-14-21-10-13(24-14)11-2-4-12(17)5-3-11/h2-5,10H,6-9H2,1H3. The summed E-state index contributed by atoms with van der Waals surface area (Å²) in [6.45, 7) is -0.357. The molecule has 0 spiro atoms. The van der Waals surface area contributed by atoms with E-state index in [1.54, 1.807) is 24.3 Å². The summed E-state index contributed by atoms with van der Waals surface area (Å²) in [6, 6.07) is 7.00. The molecule has 1 amide bonds. The zero-order valence-electron chi connectivity index (χ0n) is 12.9. The topological polar surface area (TPSA) is 46.3 Å². The van der Waals surface area contributed by atoms with E-state index in [4.69, 9.17) is 16.0 Å². The van der Waals surface area contributed by atoms with E-state index in [9.17, 15) is 18.0 Å². The number of aromatic nitrogens is 1. The third kappa shape index (κ3) is 5.56. The van der Waals surface area contributed by atoms with E-state index in [0.29, 0.717) is 16.7 Å². The van der Waals surface area contributed by atoms with Crippen LogP contribution in [0.15, 0.2) is 34.9 Å². The number of aryl methyl sites for hydroxylation is 1. The van der Waals surface area contributed by atoms with Gasteiger partial charge in [-0.3, -0.25) is 4.79 Å². The Morgan fingerprint density at radius 3 is 2.58 bits per heavy atom. The first kappa shape index (κ1) is 18.3. The zero-order valence-corrected chi connectivity index (χ0v) is 13.7. The van der Waals surface area contributed by atoms with Gasteiger partial charge < -0.3 is 9.32 Å². The van der Waals surface area contributed by atoms with E-state index in [1.807, 2.05) is 0 Å². The molecule has 2 aromatic rings. The normalized spacial score (nSPS) is 11.5. The predicted molar refractivity (Wildman–Crippen MR) is 83.6 cm³/mol. The first-order valence-electron chi connectivity index (χ1n) is 7.26. The Morgan fingerprint density at radius 2 is 1.96 bits per heavy atom. The van der Waals surface area contributed by atoms with Crippen molar-refractivity contribution >= 4 is 17.5 Å². The lowest BCUT2D eigenvalue weighted by molar-refractivity contribution is -0.144. The van der Waals surface area contributed by atoms with Gasteiger partial charge in [0.1, 0.15) is 0 Å². The summed E-state index contributed by atoms with van der Waals surface area (Å²) >= 11 is 5.81. The lowest BCUT2D eigenvalue weighted by Crippen LogP contribution is -2.30. The van der Waals surface area contributed by atoms with Crippen molar-refractivity contribution in [2.24, 2.45) is 0 Å². The summed E-state index contributed by atoms with van der Waals surface area (Å²) in [7, 11) is 1.35. The number of carbonyl (C=O) groups is 1. The maximum atomic E-state index is 12.1. The molecule has 0 radical (unpaired) electrons. The van der Waals surface area contributed by atoms with Crippen LogP contribution < -0.4 is 0 Å². The summed E-state index contributed by atoms with van der Waals surface area (Å²) in [6.07, 6.45) is -3.49. The third-order valence-electron chi connectivity index (χ3n) is 3.39. The number of amides is 1. The van der Waals surface area contributed by atoms with Gasteiger partial charge in [0.25, 0.3) is 0 Å². The average molecular weight is 361 g/mol. The fourth-order valence-electron chi connectivity index (χ4n) is 2.00. The van der Waals surface area contributed by atoms with Gasteiger partial charge in [-0.05, 0) is 24.3 Å². The number of rotatable bonds is 6. The van der Waals surface area contributed by atoms with Crippen LogP contribution >= 0.6 is 11.6 Å².